The summed E-state index contributed by atoms with van der Waals surface area (Å²) in [4.78, 5) is 12.0. The second-order valence-corrected chi connectivity index (χ2v) is 4.66. The Morgan fingerprint density at radius 2 is 1.95 bits per heavy atom. The predicted molar refractivity (Wildman–Crippen MR) is 71.4 cm³/mol. The number of methoxy groups -OCH3 is 3. The minimum atomic E-state index is -0.718. The number of nitrogens with one attached hydrogen (secondary N) is 1. The molecule has 0 unspecified atom stereocenters. The summed E-state index contributed by atoms with van der Waals surface area (Å²) in [5.74, 6) is 0.429. The van der Waals surface area contributed by atoms with E-state index in [-0.39, 0.29) is 12.1 Å². The molecule has 0 amide bonds. The summed E-state index contributed by atoms with van der Waals surface area (Å²) >= 11 is 0. The average molecular weight is 265 g/mol. The molecule has 2 rings (SSSR count). The summed E-state index contributed by atoms with van der Waals surface area (Å²) in [6.45, 7) is 0. The van der Waals surface area contributed by atoms with Crippen molar-refractivity contribution in [3.05, 3.63) is 24.3 Å². The molecule has 0 atom stereocenters. The molecule has 1 aromatic carbocycles. The van der Waals surface area contributed by atoms with Gasteiger partial charge in [-0.15, -0.1) is 0 Å². The quantitative estimate of drug-likeness (QED) is 0.823. The highest BCUT2D eigenvalue weighted by Crippen LogP contribution is 2.40. The molecule has 1 aliphatic carbocycles. The van der Waals surface area contributed by atoms with Crippen molar-refractivity contribution in [3.63, 3.8) is 0 Å². The number of anilines is 1. The number of carbonyl (C=O) groups is 1. The van der Waals surface area contributed by atoms with Crippen LogP contribution in [0.3, 0.4) is 0 Å². The number of benzene rings is 1. The van der Waals surface area contributed by atoms with Crippen LogP contribution in [0.4, 0.5) is 5.69 Å². The monoisotopic (exact) mass is 265 g/mol. The van der Waals surface area contributed by atoms with Crippen LogP contribution in [-0.4, -0.2) is 38.9 Å². The van der Waals surface area contributed by atoms with Crippen molar-refractivity contribution < 1.29 is 19.0 Å². The fourth-order valence-corrected chi connectivity index (χ4v) is 2.41. The predicted octanol–water partition coefficient (Wildman–Crippen LogP) is 1.83. The third-order valence-electron chi connectivity index (χ3n) is 3.54. The lowest BCUT2D eigenvalue weighted by molar-refractivity contribution is -0.154. The van der Waals surface area contributed by atoms with Crippen LogP contribution in [0.15, 0.2) is 24.3 Å². The van der Waals surface area contributed by atoms with E-state index in [9.17, 15) is 4.79 Å². The fraction of sp³-hybridized carbons (Fsp3) is 0.500. The Balaban J connectivity index is 2.20. The molecule has 5 heteroatoms. The summed E-state index contributed by atoms with van der Waals surface area (Å²) in [5.41, 5.74) is 0.0642. The van der Waals surface area contributed by atoms with Gasteiger partial charge in [0.25, 0.3) is 0 Å². The van der Waals surface area contributed by atoms with Crippen molar-refractivity contribution in [2.45, 2.75) is 24.5 Å². The van der Waals surface area contributed by atoms with Crippen LogP contribution in [0, 0.1) is 0 Å². The van der Waals surface area contributed by atoms with Crippen LogP contribution in [0.1, 0.15) is 12.8 Å². The SMILES string of the molecule is COC(=O)C1(Nc2ccccc2OC)CC(OC)C1. The van der Waals surface area contributed by atoms with Gasteiger partial charge in [-0.25, -0.2) is 4.79 Å². The Morgan fingerprint density at radius 3 is 2.53 bits per heavy atom. The van der Waals surface area contributed by atoms with E-state index in [0.29, 0.717) is 18.6 Å². The van der Waals surface area contributed by atoms with E-state index in [4.69, 9.17) is 14.2 Å². The Bertz CT molecular complexity index is 455. The number of esters is 1. The minimum Gasteiger partial charge on any atom is -0.495 e. The molecule has 5 nitrogen and oxygen atoms in total. The zero-order valence-corrected chi connectivity index (χ0v) is 11.4. The molecule has 0 bridgehead atoms. The molecule has 1 aliphatic rings. The van der Waals surface area contributed by atoms with E-state index in [2.05, 4.69) is 5.32 Å². The third-order valence-corrected chi connectivity index (χ3v) is 3.54. The van der Waals surface area contributed by atoms with Gasteiger partial charge in [0, 0.05) is 20.0 Å². The molecule has 104 valence electrons. The summed E-state index contributed by atoms with van der Waals surface area (Å²) < 4.78 is 15.4. The van der Waals surface area contributed by atoms with E-state index < -0.39 is 5.54 Å². The molecule has 1 N–H and O–H groups in total. The molecule has 19 heavy (non-hydrogen) atoms. The number of hydrogen-bond donors (Lipinski definition) is 1. The maximum absolute atomic E-state index is 12.0. The fourth-order valence-electron chi connectivity index (χ4n) is 2.41. The normalized spacial score (nSPS) is 25.3. The van der Waals surface area contributed by atoms with Crippen molar-refractivity contribution >= 4 is 11.7 Å². The molecule has 0 saturated heterocycles. The van der Waals surface area contributed by atoms with Crippen molar-refractivity contribution in [2.24, 2.45) is 0 Å². The van der Waals surface area contributed by atoms with E-state index in [0.717, 1.165) is 5.69 Å². The number of carbonyl (C=O) groups excluding carboxylic acids is 1. The van der Waals surface area contributed by atoms with Crippen LogP contribution in [0.5, 0.6) is 5.75 Å². The van der Waals surface area contributed by atoms with Gasteiger partial charge in [-0.2, -0.15) is 0 Å². The summed E-state index contributed by atoms with van der Waals surface area (Å²) in [7, 11) is 4.65. The Hall–Kier alpha value is -1.75. The topological polar surface area (TPSA) is 56.8 Å². The van der Waals surface area contributed by atoms with E-state index in [1.165, 1.54) is 7.11 Å². The maximum Gasteiger partial charge on any atom is 0.331 e. The number of hydrogen-bond acceptors (Lipinski definition) is 5. The Labute approximate surface area is 112 Å². The third kappa shape index (κ3) is 2.51. The van der Waals surface area contributed by atoms with Crippen LogP contribution in [-0.2, 0) is 14.3 Å². The number of para-hydroxylation sites is 2. The van der Waals surface area contributed by atoms with Gasteiger partial charge in [0.15, 0.2) is 0 Å². The van der Waals surface area contributed by atoms with Crippen molar-refractivity contribution in [2.75, 3.05) is 26.6 Å². The van der Waals surface area contributed by atoms with Gasteiger partial charge >= 0.3 is 5.97 Å². The highest BCUT2D eigenvalue weighted by Gasteiger charge is 2.52. The van der Waals surface area contributed by atoms with Crippen molar-refractivity contribution in [1.29, 1.82) is 0 Å². The first-order valence-electron chi connectivity index (χ1n) is 6.17. The first-order chi connectivity index (χ1) is 9.15. The van der Waals surface area contributed by atoms with E-state index in [1.807, 2.05) is 24.3 Å². The van der Waals surface area contributed by atoms with Gasteiger partial charge in [0.05, 0.1) is 26.0 Å². The van der Waals surface area contributed by atoms with E-state index in [1.54, 1.807) is 14.2 Å². The first kappa shape index (κ1) is 13.7. The molecule has 0 heterocycles. The molecule has 0 radical (unpaired) electrons. The van der Waals surface area contributed by atoms with Gasteiger partial charge in [-0.1, -0.05) is 12.1 Å². The summed E-state index contributed by atoms with van der Waals surface area (Å²) in [5, 5.41) is 3.25. The maximum atomic E-state index is 12.0. The Morgan fingerprint density at radius 1 is 1.26 bits per heavy atom. The smallest absolute Gasteiger partial charge is 0.331 e. The number of rotatable bonds is 5. The second kappa shape index (κ2) is 5.48. The molecular weight excluding hydrogens is 246 g/mol. The lowest BCUT2D eigenvalue weighted by Gasteiger charge is -2.45. The van der Waals surface area contributed by atoms with Crippen LogP contribution >= 0.6 is 0 Å². The molecule has 0 aliphatic heterocycles. The van der Waals surface area contributed by atoms with Gasteiger partial charge in [-0.05, 0) is 12.1 Å². The minimum absolute atomic E-state index is 0.0845. The van der Waals surface area contributed by atoms with Crippen LogP contribution < -0.4 is 10.1 Å². The molecule has 0 spiro atoms. The molecule has 1 fully saturated rings. The first-order valence-corrected chi connectivity index (χ1v) is 6.17. The highest BCUT2D eigenvalue weighted by molar-refractivity contribution is 5.86. The van der Waals surface area contributed by atoms with Gasteiger partial charge < -0.3 is 19.5 Å². The standard InChI is InChI=1S/C14H19NO4/c1-17-10-8-14(9-10,13(16)19-3)15-11-6-4-5-7-12(11)18-2/h4-7,10,15H,8-9H2,1-3H3. The van der Waals surface area contributed by atoms with Gasteiger partial charge in [0.2, 0.25) is 0 Å². The second-order valence-electron chi connectivity index (χ2n) is 4.66. The average Bonchev–Trinajstić information content (AvgIpc) is 2.41. The lowest BCUT2D eigenvalue weighted by Crippen LogP contribution is -2.59. The van der Waals surface area contributed by atoms with Gasteiger partial charge in [0.1, 0.15) is 11.3 Å². The molecule has 1 saturated carbocycles. The lowest BCUT2D eigenvalue weighted by atomic mass is 9.74. The zero-order valence-electron chi connectivity index (χ0n) is 11.4. The van der Waals surface area contributed by atoms with Crippen LogP contribution in [0.2, 0.25) is 0 Å². The van der Waals surface area contributed by atoms with E-state index >= 15 is 0 Å². The molecular formula is C14H19NO4. The molecule has 0 aromatic heterocycles. The zero-order chi connectivity index (χ0) is 13.9. The van der Waals surface area contributed by atoms with Crippen molar-refractivity contribution in [3.8, 4) is 5.75 Å². The summed E-state index contributed by atoms with van der Waals surface area (Å²) in [6.07, 6.45) is 1.27. The number of ether oxygens (including phenoxy) is 3. The molecule has 1 aromatic rings. The Kier molecular flexibility index (Phi) is 3.95. The van der Waals surface area contributed by atoms with Crippen LogP contribution in [0.25, 0.3) is 0 Å². The summed E-state index contributed by atoms with van der Waals surface area (Å²) in [6, 6.07) is 7.50. The van der Waals surface area contributed by atoms with Crippen molar-refractivity contribution in [1.82, 2.24) is 0 Å². The van der Waals surface area contributed by atoms with Gasteiger partial charge in [-0.3, -0.25) is 0 Å². The highest BCUT2D eigenvalue weighted by atomic mass is 16.5. The largest absolute Gasteiger partial charge is 0.495 e.